The molecule has 8 heteroatoms. The molecule has 2 heterocycles. The summed E-state index contributed by atoms with van der Waals surface area (Å²) in [6, 6.07) is 13.2. The number of nitrogens with zero attached hydrogens (tertiary/aromatic N) is 1. The van der Waals surface area contributed by atoms with Crippen molar-refractivity contribution in [3.8, 4) is 5.75 Å². The molecule has 32 heavy (non-hydrogen) atoms. The van der Waals surface area contributed by atoms with Crippen LogP contribution in [0.25, 0.3) is 5.76 Å². The number of aryl methyl sites for hydroxylation is 1. The van der Waals surface area contributed by atoms with E-state index in [0.717, 1.165) is 16.9 Å². The molecule has 0 saturated carbocycles. The van der Waals surface area contributed by atoms with E-state index >= 15 is 0 Å². The number of anilines is 1. The van der Waals surface area contributed by atoms with Crippen molar-refractivity contribution in [2.24, 2.45) is 0 Å². The lowest BCUT2D eigenvalue weighted by molar-refractivity contribution is -0.132. The normalized spacial score (nSPS) is 17.8. The first kappa shape index (κ1) is 22.4. The Morgan fingerprint density at radius 1 is 1.16 bits per heavy atom. The van der Waals surface area contributed by atoms with Crippen LogP contribution in [0, 0.1) is 0 Å². The Balaban J connectivity index is 1.95. The third kappa shape index (κ3) is 3.79. The summed E-state index contributed by atoms with van der Waals surface area (Å²) in [5.74, 6) is -1.74. The zero-order valence-corrected chi connectivity index (χ0v) is 19.6. The van der Waals surface area contributed by atoms with Gasteiger partial charge in [0, 0.05) is 15.6 Å². The molecule has 1 amide bonds. The van der Waals surface area contributed by atoms with Crippen molar-refractivity contribution in [3.63, 3.8) is 0 Å². The lowest BCUT2D eigenvalue weighted by Gasteiger charge is -2.24. The molecule has 0 radical (unpaired) electrons. The minimum absolute atomic E-state index is 0.0475. The third-order valence-corrected chi connectivity index (χ3v) is 6.77. The van der Waals surface area contributed by atoms with E-state index in [9.17, 15) is 14.7 Å². The highest BCUT2D eigenvalue weighted by molar-refractivity contribution is 7.10. The first-order chi connectivity index (χ1) is 15.4. The Labute approximate surface area is 199 Å². The smallest absolute Gasteiger partial charge is 0.300 e. The van der Waals surface area contributed by atoms with E-state index in [1.54, 1.807) is 12.1 Å². The largest absolute Gasteiger partial charge is 0.507 e. The van der Waals surface area contributed by atoms with E-state index in [1.807, 2.05) is 36.6 Å². The maximum Gasteiger partial charge on any atom is 0.300 e. The highest BCUT2D eigenvalue weighted by atomic mass is 35.5. The van der Waals surface area contributed by atoms with E-state index in [0.29, 0.717) is 5.69 Å². The van der Waals surface area contributed by atoms with Gasteiger partial charge in [-0.1, -0.05) is 48.3 Å². The topological polar surface area (TPSA) is 66.8 Å². The van der Waals surface area contributed by atoms with Gasteiger partial charge in [-0.3, -0.25) is 14.5 Å². The number of carbonyl (C=O) groups excluding carboxylic acids is 2. The molecule has 1 saturated heterocycles. The second kappa shape index (κ2) is 8.98. The molecule has 1 aromatic heterocycles. The fourth-order valence-electron chi connectivity index (χ4n) is 3.80. The lowest BCUT2D eigenvalue weighted by atomic mass is 9.99. The summed E-state index contributed by atoms with van der Waals surface area (Å²) >= 11 is 13.8. The molecule has 164 valence electrons. The summed E-state index contributed by atoms with van der Waals surface area (Å²) in [5.41, 5.74) is 1.77. The van der Waals surface area contributed by atoms with Crippen LogP contribution >= 0.6 is 34.5 Å². The number of aliphatic hydroxyl groups is 1. The van der Waals surface area contributed by atoms with Gasteiger partial charge in [-0.15, -0.1) is 11.3 Å². The van der Waals surface area contributed by atoms with Crippen LogP contribution in [0.5, 0.6) is 5.75 Å². The molecular formula is C24H19Cl2NO4S. The molecule has 0 bridgehead atoms. The van der Waals surface area contributed by atoms with Gasteiger partial charge in [0.15, 0.2) is 0 Å². The van der Waals surface area contributed by atoms with Crippen molar-refractivity contribution >= 4 is 57.7 Å². The highest BCUT2D eigenvalue weighted by Gasteiger charge is 2.47. The van der Waals surface area contributed by atoms with E-state index < -0.39 is 23.5 Å². The monoisotopic (exact) mass is 487 g/mol. The van der Waals surface area contributed by atoms with Gasteiger partial charge in [0.05, 0.1) is 23.3 Å². The first-order valence-electron chi connectivity index (χ1n) is 9.84. The molecule has 1 fully saturated rings. The number of halogens is 2. The molecular weight excluding hydrogens is 469 g/mol. The number of methoxy groups -OCH3 is 1. The van der Waals surface area contributed by atoms with Crippen LogP contribution in [0.4, 0.5) is 5.69 Å². The summed E-state index contributed by atoms with van der Waals surface area (Å²) in [4.78, 5) is 28.5. The summed E-state index contributed by atoms with van der Waals surface area (Å²) in [6.07, 6.45) is 0.850. The van der Waals surface area contributed by atoms with Gasteiger partial charge in [-0.25, -0.2) is 0 Å². The Morgan fingerprint density at radius 3 is 2.47 bits per heavy atom. The minimum Gasteiger partial charge on any atom is -0.507 e. The maximum absolute atomic E-state index is 13.2. The molecule has 1 unspecified atom stereocenters. The van der Waals surface area contributed by atoms with Crippen LogP contribution in [0.3, 0.4) is 0 Å². The number of rotatable bonds is 5. The van der Waals surface area contributed by atoms with Crippen molar-refractivity contribution in [1.29, 1.82) is 0 Å². The number of ketones is 1. The number of ether oxygens (including phenoxy) is 1. The number of thiophene rings is 1. The van der Waals surface area contributed by atoms with Crippen molar-refractivity contribution in [2.75, 3.05) is 12.0 Å². The highest BCUT2D eigenvalue weighted by Crippen LogP contribution is 2.45. The first-order valence-corrected chi connectivity index (χ1v) is 11.5. The van der Waals surface area contributed by atoms with E-state index in [2.05, 4.69) is 0 Å². The van der Waals surface area contributed by atoms with E-state index in [1.165, 1.54) is 35.5 Å². The van der Waals surface area contributed by atoms with Crippen LogP contribution in [-0.2, 0) is 16.0 Å². The Hall–Kier alpha value is -2.80. The fourth-order valence-corrected chi connectivity index (χ4v) is 5.19. The second-order valence-corrected chi connectivity index (χ2v) is 9.00. The average Bonchev–Trinajstić information content (AvgIpc) is 3.40. The molecule has 0 aliphatic carbocycles. The Kier molecular flexibility index (Phi) is 6.29. The summed E-state index contributed by atoms with van der Waals surface area (Å²) < 4.78 is 5.34. The van der Waals surface area contributed by atoms with Crippen molar-refractivity contribution < 1.29 is 19.4 Å². The van der Waals surface area contributed by atoms with Gasteiger partial charge in [0.25, 0.3) is 11.7 Å². The standard InChI is InChI=1S/C24H19Cl2NO4S/c1-3-13-6-8-15(9-7-13)27-20(18-5-4-10-32-18)19(22(29)24(27)30)21(28)16-11-14(25)12-17(26)23(16)31-2/h4-12,20,28H,3H2,1-2H3/b21-19-. The van der Waals surface area contributed by atoms with Gasteiger partial charge in [0.1, 0.15) is 17.6 Å². The van der Waals surface area contributed by atoms with E-state index in [-0.39, 0.29) is 26.9 Å². The second-order valence-electron chi connectivity index (χ2n) is 7.17. The van der Waals surface area contributed by atoms with Crippen molar-refractivity contribution in [2.45, 2.75) is 19.4 Å². The van der Waals surface area contributed by atoms with Crippen LogP contribution in [0.15, 0.2) is 59.5 Å². The van der Waals surface area contributed by atoms with Crippen LogP contribution in [-0.4, -0.2) is 23.9 Å². The number of amides is 1. The Morgan fingerprint density at radius 2 is 1.88 bits per heavy atom. The number of hydrogen-bond donors (Lipinski definition) is 1. The molecule has 4 rings (SSSR count). The van der Waals surface area contributed by atoms with Crippen molar-refractivity contribution in [1.82, 2.24) is 0 Å². The fraction of sp³-hybridized carbons (Fsp3) is 0.167. The molecule has 2 aromatic carbocycles. The summed E-state index contributed by atoms with van der Waals surface area (Å²) in [5, 5.41) is 13.6. The number of Topliss-reactive ketones (excluding diaryl/α,β-unsaturated/α-hetero) is 1. The minimum atomic E-state index is -0.801. The summed E-state index contributed by atoms with van der Waals surface area (Å²) in [7, 11) is 1.40. The van der Waals surface area contributed by atoms with Gasteiger partial charge in [0.2, 0.25) is 0 Å². The van der Waals surface area contributed by atoms with E-state index in [4.69, 9.17) is 27.9 Å². The average molecular weight is 488 g/mol. The van der Waals surface area contributed by atoms with Crippen LogP contribution in [0.2, 0.25) is 10.0 Å². The SMILES string of the molecule is CCc1ccc(N2C(=O)C(=O)/C(=C(\O)c3cc(Cl)cc(Cl)c3OC)C2c2cccs2)cc1. The molecule has 3 aromatic rings. The molecule has 1 aliphatic rings. The maximum atomic E-state index is 13.2. The quantitative estimate of drug-likeness (QED) is 0.262. The number of aliphatic hydroxyl groups excluding tert-OH is 1. The van der Waals surface area contributed by atoms with Crippen LogP contribution < -0.4 is 9.64 Å². The molecule has 1 N–H and O–H groups in total. The zero-order valence-electron chi connectivity index (χ0n) is 17.3. The zero-order chi connectivity index (χ0) is 23.0. The molecule has 5 nitrogen and oxygen atoms in total. The Bertz CT molecular complexity index is 1220. The predicted octanol–water partition coefficient (Wildman–Crippen LogP) is 6.25. The number of benzene rings is 2. The van der Waals surface area contributed by atoms with Gasteiger partial charge >= 0.3 is 0 Å². The third-order valence-electron chi connectivity index (χ3n) is 5.35. The van der Waals surface area contributed by atoms with Crippen LogP contribution in [0.1, 0.15) is 29.0 Å². The molecule has 1 atom stereocenters. The van der Waals surface area contributed by atoms with Gasteiger partial charge < -0.3 is 9.84 Å². The predicted molar refractivity (Wildman–Crippen MR) is 128 cm³/mol. The van der Waals surface area contributed by atoms with Gasteiger partial charge in [-0.2, -0.15) is 0 Å². The number of hydrogen-bond acceptors (Lipinski definition) is 5. The molecule has 0 spiro atoms. The number of carbonyl (C=O) groups is 2. The van der Waals surface area contributed by atoms with Crippen molar-refractivity contribution in [3.05, 3.63) is 85.5 Å². The van der Waals surface area contributed by atoms with Gasteiger partial charge in [-0.05, 0) is 47.7 Å². The molecule has 1 aliphatic heterocycles. The lowest BCUT2D eigenvalue weighted by Crippen LogP contribution is -2.29. The summed E-state index contributed by atoms with van der Waals surface area (Å²) in [6.45, 7) is 2.04.